The van der Waals surface area contributed by atoms with E-state index in [1.165, 1.54) is 22.5 Å². The molecule has 0 aromatic heterocycles. The van der Waals surface area contributed by atoms with Gasteiger partial charge in [-0.25, -0.2) is 0 Å². The van der Waals surface area contributed by atoms with Crippen molar-refractivity contribution in [2.45, 2.75) is 13.5 Å². The van der Waals surface area contributed by atoms with Crippen LogP contribution in [-0.4, -0.2) is 13.1 Å². The SMILES string of the molecule is Cc1ccc2c(c1)CN(c1ccccc1)CCN2. The van der Waals surface area contributed by atoms with Gasteiger partial charge < -0.3 is 10.2 Å². The zero-order valence-corrected chi connectivity index (χ0v) is 10.7. The predicted molar refractivity (Wildman–Crippen MR) is 77.2 cm³/mol. The summed E-state index contributed by atoms with van der Waals surface area (Å²) in [6.45, 7) is 5.16. The Bertz CT molecular complexity index is 534. The van der Waals surface area contributed by atoms with Crippen molar-refractivity contribution in [1.29, 1.82) is 0 Å². The van der Waals surface area contributed by atoms with Crippen molar-refractivity contribution in [3.63, 3.8) is 0 Å². The number of anilines is 2. The fourth-order valence-corrected chi connectivity index (χ4v) is 2.50. The summed E-state index contributed by atoms with van der Waals surface area (Å²) in [4.78, 5) is 2.43. The molecule has 0 spiro atoms. The number of aryl methyl sites for hydroxylation is 1. The molecule has 0 amide bonds. The van der Waals surface area contributed by atoms with Crippen LogP contribution in [0.5, 0.6) is 0 Å². The van der Waals surface area contributed by atoms with Crippen molar-refractivity contribution >= 4 is 11.4 Å². The quantitative estimate of drug-likeness (QED) is 0.819. The molecule has 0 unspecified atom stereocenters. The molecule has 1 heterocycles. The molecular formula is C16H18N2. The van der Waals surface area contributed by atoms with Crippen molar-refractivity contribution < 1.29 is 0 Å². The molecule has 0 saturated carbocycles. The molecular weight excluding hydrogens is 220 g/mol. The van der Waals surface area contributed by atoms with Gasteiger partial charge in [-0.05, 0) is 30.7 Å². The summed E-state index contributed by atoms with van der Waals surface area (Å²) < 4.78 is 0. The van der Waals surface area contributed by atoms with Gasteiger partial charge in [-0.2, -0.15) is 0 Å². The van der Waals surface area contributed by atoms with E-state index < -0.39 is 0 Å². The maximum absolute atomic E-state index is 3.51. The number of hydrogen-bond donors (Lipinski definition) is 1. The summed E-state index contributed by atoms with van der Waals surface area (Å²) in [7, 11) is 0. The number of fused-ring (bicyclic) bond motifs is 1. The van der Waals surface area contributed by atoms with Gasteiger partial charge in [-0.3, -0.25) is 0 Å². The molecule has 0 radical (unpaired) electrons. The van der Waals surface area contributed by atoms with E-state index in [9.17, 15) is 0 Å². The Balaban J connectivity index is 1.92. The zero-order chi connectivity index (χ0) is 12.4. The Morgan fingerprint density at radius 2 is 1.89 bits per heavy atom. The van der Waals surface area contributed by atoms with Gasteiger partial charge in [0.1, 0.15) is 0 Å². The first-order valence-electron chi connectivity index (χ1n) is 6.46. The van der Waals surface area contributed by atoms with Crippen LogP contribution in [0.4, 0.5) is 11.4 Å². The molecule has 92 valence electrons. The molecule has 0 fully saturated rings. The van der Waals surface area contributed by atoms with E-state index in [2.05, 4.69) is 65.7 Å². The summed E-state index contributed by atoms with van der Waals surface area (Å²) in [5, 5.41) is 3.51. The first-order valence-corrected chi connectivity index (χ1v) is 6.46. The third kappa shape index (κ3) is 2.19. The van der Waals surface area contributed by atoms with Crippen LogP contribution in [0, 0.1) is 6.92 Å². The Morgan fingerprint density at radius 1 is 1.06 bits per heavy atom. The third-order valence-electron chi connectivity index (χ3n) is 3.44. The van der Waals surface area contributed by atoms with Gasteiger partial charge in [0.05, 0.1) is 0 Å². The summed E-state index contributed by atoms with van der Waals surface area (Å²) in [5.41, 5.74) is 5.29. The van der Waals surface area contributed by atoms with Gasteiger partial charge in [0.15, 0.2) is 0 Å². The molecule has 18 heavy (non-hydrogen) atoms. The number of nitrogens with zero attached hydrogens (tertiary/aromatic N) is 1. The zero-order valence-electron chi connectivity index (χ0n) is 10.7. The molecule has 2 nitrogen and oxygen atoms in total. The van der Waals surface area contributed by atoms with Gasteiger partial charge in [0.25, 0.3) is 0 Å². The van der Waals surface area contributed by atoms with Crippen LogP contribution in [0.2, 0.25) is 0 Å². The second kappa shape index (κ2) is 4.73. The minimum atomic E-state index is 0.980. The van der Waals surface area contributed by atoms with Crippen LogP contribution in [-0.2, 0) is 6.54 Å². The fraction of sp³-hybridized carbons (Fsp3) is 0.250. The van der Waals surface area contributed by atoms with Gasteiger partial charge in [-0.15, -0.1) is 0 Å². The van der Waals surface area contributed by atoms with Crippen LogP contribution >= 0.6 is 0 Å². The molecule has 1 N–H and O–H groups in total. The highest BCUT2D eigenvalue weighted by Gasteiger charge is 2.13. The average Bonchev–Trinajstić information content (AvgIpc) is 2.61. The van der Waals surface area contributed by atoms with E-state index in [0.717, 1.165) is 19.6 Å². The van der Waals surface area contributed by atoms with E-state index in [0.29, 0.717) is 0 Å². The van der Waals surface area contributed by atoms with E-state index in [-0.39, 0.29) is 0 Å². The number of benzene rings is 2. The summed E-state index contributed by atoms with van der Waals surface area (Å²) in [6, 6.07) is 17.3. The van der Waals surface area contributed by atoms with Crippen LogP contribution in [0.3, 0.4) is 0 Å². The highest BCUT2D eigenvalue weighted by Crippen LogP contribution is 2.24. The van der Waals surface area contributed by atoms with Gasteiger partial charge in [0.2, 0.25) is 0 Å². The van der Waals surface area contributed by atoms with Crippen LogP contribution in [0.1, 0.15) is 11.1 Å². The summed E-state index contributed by atoms with van der Waals surface area (Å²) in [5.74, 6) is 0. The lowest BCUT2D eigenvalue weighted by Gasteiger charge is -2.22. The van der Waals surface area contributed by atoms with Crippen molar-refractivity contribution in [3.8, 4) is 0 Å². The van der Waals surface area contributed by atoms with Crippen LogP contribution < -0.4 is 10.2 Å². The fourth-order valence-electron chi connectivity index (χ4n) is 2.50. The van der Waals surface area contributed by atoms with E-state index in [4.69, 9.17) is 0 Å². The summed E-state index contributed by atoms with van der Waals surface area (Å²) >= 11 is 0. The minimum Gasteiger partial charge on any atom is -0.383 e. The lowest BCUT2D eigenvalue weighted by molar-refractivity contribution is 0.828. The summed E-state index contributed by atoms with van der Waals surface area (Å²) in [6.07, 6.45) is 0. The van der Waals surface area contributed by atoms with Crippen LogP contribution in [0.15, 0.2) is 48.5 Å². The molecule has 0 bridgehead atoms. The van der Waals surface area contributed by atoms with Crippen molar-refractivity contribution in [1.82, 2.24) is 0 Å². The first-order chi connectivity index (χ1) is 8.83. The van der Waals surface area contributed by atoms with Crippen molar-refractivity contribution in [2.75, 3.05) is 23.3 Å². The topological polar surface area (TPSA) is 15.3 Å². The average molecular weight is 238 g/mol. The third-order valence-corrected chi connectivity index (χ3v) is 3.44. The number of nitrogens with one attached hydrogen (secondary N) is 1. The first kappa shape index (κ1) is 11.1. The molecule has 0 aliphatic carbocycles. The molecule has 1 aliphatic heterocycles. The highest BCUT2D eigenvalue weighted by atomic mass is 15.2. The Hall–Kier alpha value is -1.96. The van der Waals surface area contributed by atoms with E-state index >= 15 is 0 Å². The number of para-hydroxylation sites is 1. The number of rotatable bonds is 1. The maximum Gasteiger partial charge on any atom is 0.0450 e. The molecule has 1 aliphatic rings. The Morgan fingerprint density at radius 3 is 2.72 bits per heavy atom. The Labute approximate surface area is 108 Å². The van der Waals surface area contributed by atoms with E-state index in [1.807, 2.05) is 0 Å². The molecule has 2 aromatic carbocycles. The second-order valence-electron chi connectivity index (χ2n) is 4.84. The van der Waals surface area contributed by atoms with Gasteiger partial charge >= 0.3 is 0 Å². The van der Waals surface area contributed by atoms with Gasteiger partial charge in [0, 0.05) is 31.0 Å². The Kier molecular flexibility index (Phi) is 2.93. The maximum atomic E-state index is 3.51. The molecule has 0 atom stereocenters. The molecule has 3 rings (SSSR count). The molecule has 2 heteroatoms. The normalized spacial score (nSPS) is 14.6. The standard InChI is InChI=1S/C16H18N2/c1-13-7-8-16-14(11-13)12-18(10-9-17-16)15-5-3-2-4-6-15/h2-8,11,17H,9-10,12H2,1H3. The van der Waals surface area contributed by atoms with Crippen molar-refractivity contribution in [3.05, 3.63) is 59.7 Å². The lowest BCUT2D eigenvalue weighted by atomic mass is 10.1. The monoisotopic (exact) mass is 238 g/mol. The highest BCUT2D eigenvalue weighted by molar-refractivity contribution is 5.57. The minimum absolute atomic E-state index is 0.980. The largest absolute Gasteiger partial charge is 0.383 e. The second-order valence-corrected chi connectivity index (χ2v) is 4.84. The van der Waals surface area contributed by atoms with Crippen molar-refractivity contribution in [2.24, 2.45) is 0 Å². The molecule has 2 aromatic rings. The van der Waals surface area contributed by atoms with Crippen LogP contribution in [0.25, 0.3) is 0 Å². The smallest absolute Gasteiger partial charge is 0.0450 e. The van der Waals surface area contributed by atoms with Gasteiger partial charge in [-0.1, -0.05) is 35.9 Å². The number of hydrogen-bond acceptors (Lipinski definition) is 2. The lowest BCUT2D eigenvalue weighted by Crippen LogP contribution is -2.25. The molecule has 0 saturated heterocycles. The van der Waals surface area contributed by atoms with E-state index in [1.54, 1.807) is 0 Å². The predicted octanol–water partition coefficient (Wildman–Crippen LogP) is 3.43.